The van der Waals surface area contributed by atoms with Gasteiger partial charge in [0.05, 0.1) is 6.61 Å². The molecule has 0 bridgehead atoms. The molecule has 0 aromatic heterocycles. The number of aliphatic hydroxyl groups excluding tert-OH is 3. The highest BCUT2D eigenvalue weighted by atomic mass is 16.5. The van der Waals surface area contributed by atoms with Crippen LogP contribution in [0.3, 0.4) is 0 Å². The van der Waals surface area contributed by atoms with Crippen molar-refractivity contribution in [2.75, 3.05) is 6.61 Å². The zero-order valence-electron chi connectivity index (χ0n) is 8.37. The molecule has 0 aliphatic carbocycles. The maximum absolute atomic E-state index is 11.1. The van der Waals surface area contributed by atoms with Crippen LogP contribution in [0.25, 0.3) is 0 Å². The largest absolute Gasteiger partial charge is 0.387 e. The van der Waals surface area contributed by atoms with Crippen molar-refractivity contribution in [3.8, 4) is 0 Å². The van der Waals surface area contributed by atoms with Gasteiger partial charge in [-0.25, -0.2) is 0 Å². The Hall–Kier alpha value is -1.22. The molecule has 16 heavy (non-hydrogen) atoms. The van der Waals surface area contributed by atoms with E-state index in [4.69, 9.17) is 21.3 Å². The molecule has 0 saturated carbocycles. The number of amides is 2. The second-order valence-electron chi connectivity index (χ2n) is 3.63. The highest BCUT2D eigenvalue weighted by molar-refractivity contribution is 5.86. The third-order valence-corrected chi connectivity index (χ3v) is 2.67. The van der Waals surface area contributed by atoms with Crippen molar-refractivity contribution in [3.05, 3.63) is 0 Å². The molecule has 0 unspecified atom stereocenters. The Kier molecular flexibility index (Phi) is 3.48. The minimum absolute atomic E-state index is 0.103. The van der Waals surface area contributed by atoms with Crippen LogP contribution in [-0.2, 0) is 14.3 Å². The Bertz CT molecular complexity index is 303. The summed E-state index contributed by atoms with van der Waals surface area (Å²) in [6.07, 6.45) is -5.62. The maximum Gasteiger partial charge on any atom is 0.252 e. The van der Waals surface area contributed by atoms with Gasteiger partial charge in [0, 0.05) is 6.42 Å². The second kappa shape index (κ2) is 4.34. The molecule has 8 heteroatoms. The van der Waals surface area contributed by atoms with Gasteiger partial charge in [-0.1, -0.05) is 0 Å². The van der Waals surface area contributed by atoms with E-state index in [9.17, 15) is 19.8 Å². The SMILES string of the molecule is NC(=O)[C@@H](O)[C@H](O)[C@H](O)[C@@]1(C(N)=O)CCO1. The van der Waals surface area contributed by atoms with E-state index in [0.717, 1.165) is 0 Å². The Morgan fingerprint density at radius 3 is 2.00 bits per heavy atom. The fourth-order valence-corrected chi connectivity index (χ4v) is 1.51. The van der Waals surface area contributed by atoms with Crippen molar-refractivity contribution in [1.82, 2.24) is 0 Å². The first-order chi connectivity index (χ1) is 7.33. The van der Waals surface area contributed by atoms with Crippen molar-refractivity contribution in [1.29, 1.82) is 0 Å². The lowest BCUT2D eigenvalue weighted by molar-refractivity contribution is -0.228. The lowest BCUT2D eigenvalue weighted by Gasteiger charge is -2.44. The number of ether oxygens (including phenoxy) is 1. The molecule has 8 nitrogen and oxygen atoms in total. The van der Waals surface area contributed by atoms with Crippen LogP contribution in [0.2, 0.25) is 0 Å². The van der Waals surface area contributed by atoms with Gasteiger partial charge in [-0.15, -0.1) is 0 Å². The van der Waals surface area contributed by atoms with Gasteiger partial charge >= 0.3 is 0 Å². The van der Waals surface area contributed by atoms with E-state index in [1.807, 2.05) is 0 Å². The van der Waals surface area contributed by atoms with Crippen molar-refractivity contribution in [3.63, 3.8) is 0 Å². The number of rotatable bonds is 5. The van der Waals surface area contributed by atoms with E-state index < -0.39 is 35.7 Å². The first kappa shape index (κ1) is 12.8. The summed E-state index contributed by atoms with van der Waals surface area (Å²) in [7, 11) is 0. The number of carbonyl (C=O) groups excluding carboxylic acids is 2. The molecule has 1 saturated heterocycles. The van der Waals surface area contributed by atoms with Crippen LogP contribution in [0.1, 0.15) is 6.42 Å². The Morgan fingerprint density at radius 2 is 1.75 bits per heavy atom. The van der Waals surface area contributed by atoms with Gasteiger partial charge in [0.2, 0.25) is 5.91 Å². The number of carbonyl (C=O) groups is 2. The smallest absolute Gasteiger partial charge is 0.252 e. The number of hydrogen-bond donors (Lipinski definition) is 5. The number of hydrogen-bond acceptors (Lipinski definition) is 6. The van der Waals surface area contributed by atoms with Gasteiger partial charge in [-0.2, -0.15) is 0 Å². The summed E-state index contributed by atoms with van der Waals surface area (Å²) in [5.41, 5.74) is 8.00. The molecule has 7 N–H and O–H groups in total. The molecular formula is C8H14N2O6. The van der Waals surface area contributed by atoms with Crippen molar-refractivity contribution >= 4 is 11.8 Å². The van der Waals surface area contributed by atoms with Crippen molar-refractivity contribution in [2.24, 2.45) is 11.5 Å². The van der Waals surface area contributed by atoms with Crippen LogP contribution in [-0.4, -0.2) is 57.7 Å². The van der Waals surface area contributed by atoms with Crippen LogP contribution < -0.4 is 11.5 Å². The highest BCUT2D eigenvalue weighted by Gasteiger charge is 2.54. The van der Waals surface area contributed by atoms with Crippen LogP contribution >= 0.6 is 0 Å². The van der Waals surface area contributed by atoms with Crippen LogP contribution in [0.15, 0.2) is 0 Å². The van der Waals surface area contributed by atoms with Gasteiger partial charge in [0.1, 0.15) is 12.2 Å². The molecule has 1 aliphatic rings. The molecule has 0 aromatic carbocycles. The first-order valence-electron chi connectivity index (χ1n) is 4.60. The molecule has 1 heterocycles. The molecule has 1 fully saturated rings. The van der Waals surface area contributed by atoms with Gasteiger partial charge in [-0.3, -0.25) is 9.59 Å². The zero-order valence-corrected chi connectivity index (χ0v) is 8.37. The molecule has 92 valence electrons. The summed E-state index contributed by atoms with van der Waals surface area (Å²) in [5, 5.41) is 28.2. The quantitative estimate of drug-likeness (QED) is 0.328. The third kappa shape index (κ3) is 1.87. The fraction of sp³-hybridized carbons (Fsp3) is 0.750. The van der Waals surface area contributed by atoms with Crippen LogP contribution in [0, 0.1) is 0 Å². The van der Waals surface area contributed by atoms with E-state index >= 15 is 0 Å². The van der Waals surface area contributed by atoms with E-state index in [0.29, 0.717) is 0 Å². The van der Waals surface area contributed by atoms with Gasteiger partial charge in [0.15, 0.2) is 11.7 Å². The zero-order chi connectivity index (χ0) is 12.5. The molecule has 1 rings (SSSR count). The summed E-state index contributed by atoms with van der Waals surface area (Å²) in [5.74, 6) is -2.19. The fourth-order valence-electron chi connectivity index (χ4n) is 1.51. The lowest BCUT2D eigenvalue weighted by Crippen LogP contribution is -2.67. The topological polar surface area (TPSA) is 156 Å². The maximum atomic E-state index is 11.1. The predicted octanol–water partition coefficient (Wildman–Crippen LogP) is -3.80. The molecular weight excluding hydrogens is 220 g/mol. The third-order valence-electron chi connectivity index (χ3n) is 2.67. The predicted molar refractivity (Wildman–Crippen MR) is 49.7 cm³/mol. The summed E-state index contributed by atoms with van der Waals surface area (Å²) >= 11 is 0. The summed E-state index contributed by atoms with van der Waals surface area (Å²) < 4.78 is 4.84. The molecule has 4 atom stereocenters. The molecule has 0 radical (unpaired) electrons. The number of aliphatic hydroxyl groups is 3. The van der Waals surface area contributed by atoms with E-state index in [2.05, 4.69) is 0 Å². The normalized spacial score (nSPS) is 29.9. The average molecular weight is 234 g/mol. The summed E-state index contributed by atoms with van der Waals surface area (Å²) in [6.45, 7) is 0.194. The van der Waals surface area contributed by atoms with Crippen LogP contribution in [0.4, 0.5) is 0 Å². The Morgan fingerprint density at radius 1 is 1.25 bits per heavy atom. The minimum atomic E-state index is -1.99. The van der Waals surface area contributed by atoms with E-state index in [1.165, 1.54) is 0 Å². The van der Waals surface area contributed by atoms with Crippen molar-refractivity contribution < 1.29 is 29.6 Å². The monoisotopic (exact) mass is 234 g/mol. The summed E-state index contributed by atoms with van der Waals surface area (Å²) in [4.78, 5) is 21.7. The number of nitrogens with two attached hydrogens (primary N) is 2. The summed E-state index contributed by atoms with van der Waals surface area (Å²) in [6, 6.07) is 0. The van der Waals surface area contributed by atoms with E-state index in [-0.39, 0.29) is 13.0 Å². The van der Waals surface area contributed by atoms with Crippen LogP contribution in [0.5, 0.6) is 0 Å². The molecule has 1 aliphatic heterocycles. The molecule has 0 spiro atoms. The lowest BCUT2D eigenvalue weighted by atomic mass is 9.83. The average Bonchev–Trinajstić information content (AvgIpc) is 2.12. The van der Waals surface area contributed by atoms with Gasteiger partial charge in [-0.05, 0) is 0 Å². The molecule has 0 aromatic rings. The number of primary amides is 2. The van der Waals surface area contributed by atoms with E-state index in [1.54, 1.807) is 0 Å². The van der Waals surface area contributed by atoms with Gasteiger partial charge < -0.3 is 31.5 Å². The minimum Gasteiger partial charge on any atom is -0.387 e. The first-order valence-corrected chi connectivity index (χ1v) is 4.60. The van der Waals surface area contributed by atoms with Gasteiger partial charge in [0.25, 0.3) is 5.91 Å². The van der Waals surface area contributed by atoms with Crippen molar-refractivity contribution in [2.45, 2.75) is 30.3 Å². The Balaban J connectivity index is 2.80. The highest BCUT2D eigenvalue weighted by Crippen LogP contribution is 2.32. The molecule has 2 amide bonds. The standard InChI is InChI=1S/C8H14N2O6/c9-6(14)4(12)3(11)5(13)8(7(10)15)1-2-16-8/h3-5,11-13H,1-2H2,(H2,9,14)(H2,10,15)/t3-,4-,5-,8+/m0/s1. The second-order valence-corrected chi connectivity index (χ2v) is 3.63. The Labute approximate surface area is 90.8 Å².